The molecule has 1 aromatic carbocycles. The van der Waals surface area contributed by atoms with E-state index in [1.807, 2.05) is 45.2 Å². The maximum Gasteiger partial charge on any atom is 0.410 e. The number of allylic oxidation sites excluding steroid dienone is 1. The topological polar surface area (TPSA) is 121 Å². The van der Waals surface area contributed by atoms with Gasteiger partial charge in [0, 0.05) is 54.9 Å². The van der Waals surface area contributed by atoms with Crippen LogP contribution < -0.4 is 16.0 Å². The Labute approximate surface area is 239 Å². The number of fused-ring (bicyclic) bond motifs is 6. The minimum absolute atomic E-state index is 0.0206. The lowest BCUT2D eigenvalue weighted by Gasteiger charge is -2.33. The molecule has 1 fully saturated rings. The number of ether oxygens (including phenoxy) is 1. The fraction of sp³-hybridized carbons (Fsp3) is 0.483. The molecule has 0 aliphatic carbocycles. The van der Waals surface area contributed by atoms with Gasteiger partial charge in [0.05, 0.1) is 6.20 Å². The highest BCUT2D eigenvalue weighted by atomic mass is 35.5. The highest BCUT2D eigenvalue weighted by molar-refractivity contribution is 6.32. The Kier molecular flexibility index (Phi) is 8.25. The molecule has 40 heavy (non-hydrogen) atoms. The summed E-state index contributed by atoms with van der Waals surface area (Å²) in [6.45, 7) is 6.79. The highest BCUT2D eigenvalue weighted by Gasteiger charge is 2.28. The molecular weight excluding hydrogens is 530 g/mol. The standard InChI is InChI=1S/C29H36ClN7O3/c1-29(2,3)40-28(39)37-10-8-18(9-11-37)13-25(38)35-24-7-6-21-14-20(24)5-4-19-12-22(16-31-15-19)34-27-32-17-23(30)26(33-21)36-27/h6-7,14-19H,4-5,8-13H2,1-3H3,(H,35,38)(H2,32,33,34,36). The van der Waals surface area contributed by atoms with Crippen molar-refractivity contribution in [3.05, 3.63) is 46.9 Å². The number of anilines is 4. The maximum absolute atomic E-state index is 13.1. The molecule has 3 aliphatic heterocycles. The predicted octanol–water partition coefficient (Wildman–Crippen LogP) is 6.14. The molecule has 1 unspecified atom stereocenters. The van der Waals surface area contributed by atoms with E-state index in [9.17, 15) is 9.59 Å². The zero-order chi connectivity index (χ0) is 28.3. The summed E-state index contributed by atoms with van der Waals surface area (Å²) in [7, 11) is 0. The van der Waals surface area contributed by atoms with Gasteiger partial charge in [-0.2, -0.15) is 4.98 Å². The number of aliphatic imine (C=N–C) groups is 1. The zero-order valence-corrected chi connectivity index (χ0v) is 23.9. The number of amides is 2. The molecule has 4 heterocycles. The first-order valence-corrected chi connectivity index (χ1v) is 14.2. The molecule has 1 saturated heterocycles. The van der Waals surface area contributed by atoms with Crippen molar-refractivity contribution >= 4 is 53.0 Å². The Balaban J connectivity index is 1.26. The van der Waals surface area contributed by atoms with E-state index in [1.165, 1.54) is 0 Å². The van der Waals surface area contributed by atoms with Crippen molar-refractivity contribution in [1.82, 2.24) is 14.9 Å². The second-order valence-electron chi connectivity index (χ2n) is 11.6. The lowest BCUT2D eigenvalue weighted by atomic mass is 9.92. The molecular formula is C29H36ClN7O3. The van der Waals surface area contributed by atoms with Gasteiger partial charge >= 0.3 is 6.09 Å². The van der Waals surface area contributed by atoms with Crippen LogP contribution in [0.5, 0.6) is 0 Å². The normalized spacial score (nSPS) is 19.1. The van der Waals surface area contributed by atoms with E-state index >= 15 is 0 Å². The van der Waals surface area contributed by atoms with Crippen LogP contribution in [0.2, 0.25) is 5.02 Å². The van der Waals surface area contributed by atoms with Gasteiger partial charge < -0.3 is 25.6 Å². The average Bonchev–Trinajstić information content (AvgIpc) is 2.90. The van der Waals surface area contributed by atoms with Crippen molar-refractivity contribution in [1.29, 1.82) is 0 Å². The number of carbonyl (C=O) groups excluding carboxylic acids is 2. The summed E-state index contributed by atoms with van der Waals surface area (Å²) < 4.78 is 5.49. The van der Waals surface area contributed by atoms with Gasteiger partial charge in [-0.3, -0.25) is 9.79 Å². The van der Waals surface area contributed by atoms with Crippen LogP contribution in [0.3, 0.4) is 0 Å². The minimum atomic E-state index is -0.517. The number of rotatable bonds is 3. The van der Waals surface area contributed by atoms with Gasteiger partial charge in [0.15, 0.2) is 5.82 Å². The molecule has 2 aromatic rings. The molecule has 3 aliphatic rings. The van der Waals surface area contributed by atoms with E-state index in [4.69, 9.17) is 16.3 Å². The first-order valence-electron chi connectivity index (χ1n) is 13.8. The van der Waals surface area contributed by atoms with Gasteiger partial charge in [-0.15, -0.1) is 0 Å². The monoisotopic (exact) mass is 565 g/mol. The molecule has 212 valence electrons. The van der Waals surface area contributed by atoms with Gasteiger partial charge in [-0.1, -0.05) is 11.6 Å². The van der Waals surface area contributed by atoms with Crippen LogP contribution >= 0.6 is 11.6 Å². The quantitative estimate of drug-likeness (QED) is 0.409. The number of nitrogens with one attached hydrogen (secondary N) is 3. The summed E-state index contributed by atoms with van der Waals surface area (Å²) in [5, 5.41) is 10.1. The maximum atomic E-state index is 13.1. The van der Waals surface area contributed by atoms with Gasteiger partial charge in [0.25, 0.3) is 0 Å². The number of aromatic nitrogens is 2. The van der Waals surface area contributed by atoms with Crippen molar-refractivity contribution in [3.8, 4) is 0 Å². The first kappa shape index (κ1) is 27.9. The Morgan fingerprint density at radius 3 is 2.75 bits per heavy atom. The third-order valence-corrected chi connectivity index (χ3v) is 7.47. The van der Waals surface area contributed by atoms with E-state index in [-0.39, 0.29) is 23.8 Å². The Morgan fingerprint density at radius 2 is 1.98 bits per heavy atom. The van der Waals surface area contributed by atoms with Gasteiger partial charge in [0.1, 0.15) is 10.6 Å². The summed E-state index contributed by atoms with van der Waals surface area (Å²) in [5.41, 5.74) is 3.08. The SMILES string of the molecule is CC(C)(C)OC(=O)N1CCC(CC(=O)Nc2ccc3cc2CCC2C=NC=C(C2)Nc2ncc(Cl)c(n2)N3)CC1. The van der Waals surface area contributed by atoms with Crippen molar-refractivity contribution in [3.63, 3.8) is 0 Å². The average molecular weight is 566 g/mol. The number of aryl methyl sites for hydroxylation is 1. The number of halogens is 1. The molecule has 0 saturated carbocycles. The molecule has 6 bridgehead atoms. The largest absolute Gasteiger partial charge is 0.444 e. The number of benzene rings is 1. The van der Waals surface area contributed by atoms with Crippen LogP contribution in [0.15, 0.2) is 41.3 Å². The predicted molar refractivity (Wildman–Crippen MR) is 157 cm³/mol. The van der Waals surface area contributed by atoms with Crippen molar-refractivity contribution in [2.75, 3.05) is 29.0 Å². The molecule has 0 spiro atoms. The molecule has 2 amide bonds. The number of piperidine rings is 1. The Bertz CT molecular complexity index is 1330. The summed E-state index contributed by atoms with van der Waals surface area (Å²) in [5.74, 6) is 1.39. The molecule has 5 rings (SSSR count). The van der Waals surface area contributed by atoms with E-state index in [1.54, 1.807) is 17.3 Å². The first-order chi connectivity index (χ1) is 19.1. The Morgan fingerprint density at radius 1 is 1.18 bits per heavy atom. The number of hydrogen-bond donors (Lipinski definition) is 3. The van der Waals surface area contributed by atoms with Crippen LogP contribution in [-0.2, 0) is 16.0 Å². The van der Waals surface area contributed by atoms with Crippen LogP contribution in [-0.4, -0.2) is 51.8 Å². The zero-order valence-electron chi connectivity index (χ0n) is 23.2. The highest BCUT2D eigenvalue weighted by Crippen LogP contribution is 2.31. The lowest BCUT2D eigenvalue weighted by Crippen LogP contribution is -2.42. The van der Waals surface area contributed by atoms with E-state index in [0.29, 0.717) is 36.3 Å². The lowest BCUT2D eigenvalue weighted by molar-refractivity contribution is -0.117. The van der Waals surface area contributed by atoms with E-state index in [0.717, 1.165) is 54.7 Å². The van der Waals surface area contributed by atoms with Crippen molar-refractivity contribution in [2.45, 2.75) is 64.9 Å². The molecule has 1 aromatic heterocycles. The number of nitrogens with zero attached hydrogens (tertiary/aromatic N) is 4. The van der Waals surface area contributed by atoms with Crippen LogP contribution in [0.4, 0.5) is 27.9 Å². The number of carbonyl (C=O) groups is 2. The Hall–Kier alpha value is -3.66. The van der Waals surface area contributed by atoms with Crippen molar-refractivity contribution < 1.29 is 14.3 Å². The summed E-state index contributed by atoms with van der Waals surface area (Å²) >= 11 is 6.38. The van der Waals surface area contributed by atoms with Crippen molar-refractivity contribution in [2.24, 2.45) is 16.8 Å². The van der Waals surface area contributed by atoms with Gasteiger partial charge in [-0.05, 0) is 82.6 Å². The van der Waals surface area contributed by atoms with Gasteiger partial charge in [0.2, 0.25) is 11.9 Å². The fourth-order valence-electron chi connectivity index (χ4n) is 5.15. The number of likely N-dealkylation sites (tertiary alicyclic amines) is 1. The smallest absolute Gasteiger partial charge is 0.410 e. The van der Waals surface area contributed by atoms with E-state index < -0.39 is 5.60 Å². The van der Waals surface area contributed by atoms with E-state index in [2.05, 4.69) is 30.9 Å². The molecule has 11 heteroatoms. The van der Waals surface area contributed by atoms with Crippen LogP contribution in [0, 0.1) is 11.8 Å². The molecule has 0 radical (unpaired) electrons. The fourth-order valence-corrected chi connectivity index (χ4v) is 5.29. The second-order valence-corrected chi connectivity index (χ2v) is 12.0. The third kappa shape index (κ3) is 7.29. The molecule has 1 atom stereocenters. The van der Waals surface area contributed by atoms with Gasteiger partial charge in [-0.25, -0.2) is 9.78 Å². The summed E-state index contributed by atoms with van der Waals surface area (Å²) in [4.78, 5) is 40.5. The summed E-state index contributed by atoms with van der Waals surface area (Å²) in [6.07, 6.45) is 9.44. The van der Waals surface area contributed by atoms with Crippen LogP contribution in [0.1, 0.15) is 58.4 Å². The molecule has 10 nitrogen and oxygen atoms in total. The number of hydrogen-bond acceptors (Lipinski definition) is 8. The second kappa shape index (κ2) is 11.8. The molecule has 3 N–H and O–H groups in total. The van der Waals surface area contributed by atoms with Crippen LogP contribution in [0.25, 0.3) is 0 Å². The minimum Gasteiger partial charge on any atom is -0.444 e. The third-order valence-electron chi connectivity index (χ3n) is 7.19. The summed E-state index contributed by atoms with van der Waals surface area (Å²) in [6, 6.07) is 5.87.